The fraction of sp³-hybridized carbons (Fsp3) is 0.600. The second-order valence-electron chi connectivity index (χ2n) is 5.89. The van der Waals surface area contributed by atoms with Crippen molar-refractivity contribution in [1.29, 1.82) is 0 Å². The molecular weight excluding hydrogens is 343 g/mol. The number of nitrogens with zero attached hydrogens (tertiary/aromatic N) is 1. The van der Waals surface area contributed by atoms with E-state index >= 15 is 0 Å². The maximum atomic E-state index is 13.2. The first-order chi connectivity index (χ1) is 10.8. The van der Waals surface area contributed by atoms with Crippen LogP contribution in [0.25, 0.3) is 0 Å². The van der Waals surface area contributed by atoms with Crippen LogP contribution < -0.4 is 4.72 Å². The van der Waals surface area contributed by atoms with Crippen LogP contribution in [-0.4, -0.2) is 52.2 Å². The minimum Gasteiger partial charge on any atom is -0.379 e. The molecule has 2 rings (SSSR count). The topological polar surface area (TPSA) is 58.6 Å². The van der Waals surface area contributed by atoms with Crippen LogP contribution in [0.15, 0.2) is 23.1 Å². The molecule has 0 amide bonds. The molecule has 1 aromatic rings. The van der Waals surface area contributed by atoms with E-state index in [1.807, 2.05) is 0 Å². The lowest BCUT2D eigenvalue weighted by molar-refractivity contribution is 0.00776. The van der Waals surface area contributed by atoms with E-state index in [1.54, 1.807) is 0 Å². The lowest BCUT2D eigenvalue weighted by atomic mass is 10.0. The third-order valence-electron chi connectivity index (χ3n) is 3.97. The second kappa shape index (κ2) is 7.90. The Morgan fingerprint density at radius 3 is 2.57 bits per heavy atom. The molecule has 1 aliphatic heterocycles. The van der Waals surface area contributed by atoms with Gasteiger partial charge in [-0.2, -0.15) is 0 Å². The number of benzene rings is 1. The number of nitrogens with one attached hydrogen (secondary N) is 1. The summed E-state index contributed by atoms with van der Waals surface area (Å²) in [5, 5.41) is -0.207. The number of hydrogen-bond donors (Lipinski definition) is 1. The van der Waals surface area contributed by atoms with Crippen molar-refractivity contribution in [2.75, 3.05) is 32.8 Å². The Morgan fingerprint density at radius 1 is 1.35 bits per heavy atom. The van der Waals surface area contributed by atoms with E-state index in [0.29, 0.717) is 13.2 Å². The normalized spacial score (nSPS) is 18.3. The molecule has 1 N–H and O–H groups in total. The van der Waals surface area contributed by atoms with Crippen LogP contribution in [0.2, 0.25) is 5.02 Å². The van der Waals surface area contributed by atoms with Gasteiger partial charge in [-0.1, -0.05) is 25.4 Å². The molecule has 1 aliphatic rings. The minimum absolute atomic E-state index is 0.0339. The van der Waals surface area contributed by atoms with E-state index in [2.05, 4.69) is 23.5 Å². The highest BCUT2D eigenvalue weighted by Crippen LogP contribution is 2.20. The highest BCUT2D eigenvalue weighted by atomic mass is 35.5. The van der Waals surface area contributed by atoms with E-state index < -0.39 is 15.8 Å². The van der Waals surface area contributed by atoms with Gasteiger partial charge in [-0.25, -0.2) is 17.5 Å². The first-order valence-corrected chi connectivity index (χ1v) is 9.44. The molecule has 1 heterocycles. The van der Waals surface area contributed by atoms with Crippen LogP contribution >= 0.6 is 11.6 Å². The van der Waals surface area contributed by atoms with Gasteiger partial charge in [-0.3, -0.25) is 4.90 Å². The lowest BCUT2D eigenvalue weighted by Gasteiger charge is -2.36. The Labute approximate surface area is 141 Å². The van der Waals surface area contributed by atoms with Crippen molar-refractivity contribution in [2.45, 2.75) is 24.8 Å². The van der Waals surface area contributed by atoms with Gasteiger partial charge in [0, 0.05) is 25.7 Å². The van der Waals surface area contributed by atoms with Crippen LogP contribution in [0, 0.1) is 11.7 Å². The number of morpholine rings is 1. The van der Waals surface area contributed by atoms with E-state index in [1.165, 1.54) is 6.07 Å². The Morgan fingerprint density at radius 2 is 2.00 bits per heavy atom. The van der Waals surface area contributed by atoms with Crippen molar-refractivity contribution in [3.63, 3.8) is 0 Å². The zero-order chi connectivity index (χ0) is 17.0. The van der Waals surface area contributed by atoms with Crippen LogP contribution in [0.1, 0.15) is 13.8 Å². The fourth-order valence-corrected chi connectivity index (χ4v) is 3.94. The monoisotopic (exact) mass is 364 g/mol. The highest BCUT2D eigenvalue weighted by molar-refractivity contribution is 7.89. The van der Waals surface area contributed by atoms with Crippen LogP contribution in [0.5, 0.6) is 0 Å². The molecule has 1 aromatic carbocycles. The Bertz CT molecular complexity index is 634. The molecule has 23 heavy (non-hydrogen) atoms. The lowest BCUT2D eigenvalue weighted by Crippen LogP contribution is -2.51. The quantitative estimate of drug-likeness (QED) is 0.840. The predicted molar refractivity (Wildman–Crippen MR) is 87.6 cm³/mol. The summed E-state index contributed by atoms with van der Waals surface area (Å²) in [5.74, 6) is -0.355. The van der Waals surface area contributed by atoms with Crippen molar-refractivity contribution in [2.24, 2.45) is 5.92 Å². The van der Waals surface area contributed by atoms with Crippen molar-refractivity contribution < 1.29 is 17.5 Å². The molecule has 1 saturated heterocycles. The summed E-state index contributed by atoms with van der Waals surface area (Å²) < 4.78 is 45.9. The maximum Gasteiger partial charge on any atom is 0.240 e. The molecule has 8 heteroatoms. The maximum absolute atomic E-state index is 13.2. The summed E-state index contributed by atoms with van der Waals surface area (Å²) in [4.78, 5) is 2.20. The van der Waals surface area contributed by atoms with Gasteiger partial charge in [0.25, 0.3) is 0 Å². The third-order valence-corrected chi connectivity index (χ3v) is 5.68. The number of hydrogen-bond acceptors (Lipinski definition) is 4. The Hall–Kier alpha value is -0.730. The molecule has 130 valence electrons. The summed E-state index contributed by atoms with van der Waals surface area (Å²) in [6.07, 6.45) is 0. The largest absolute Gasteiger partial charge is 0.379 e. The molecule has 0 spiro atoms. The molecule has 0 aromatic heterocycles. The summed E-state index contributed by atoms with van der Waals surface area (Å²) in [5.41, 5.74) is 0. The van der Waals surface area contributed by atoms with Gasteiger partial charge in [0.05, 0.1) is 23.1 Å². The average molecular weight is 365 g/mol. The molecule has 0 aliphatic carbocycles. The first-order valence-electron chi connectivity index (χ1n) is 7.58. The highest BCUT2D eigenvalue weighted by Gasteiger charge is 2.26. The molecule has 1 unspecified atom stereocenters. The minimum atomic E-state index is -3.73. The van der Waals surface area contributed by atoms with Gasteiger partial charge >= 0.3 is 0 Å². The van der Waals surface area contributed by atoms with Crippen molar-refractivity contribution in [3.8, 4) is 0 Å². The van der Waals surface area contributed by atoms with Gasteiger partial charge in [0.2, 0.25) is 10.0 Å². The van der Waals surface area contributed by atoms with Crippen LogP contribution in [-0.2, 0) is 14.8 Å². The van der Waals surface area contributed by atoms with E-state index in [4.69, 9.17) is 16.3 Å². The predicted octanol–water partition coefficient (Wildman–Crippen LogP) is 2.11. The van der Waals surface area contributed by atoms with Gasteiger partial charge in [-0.05, 0) is 24.1 Å². The van der Waals surface area contributed by atoms with E-state index in [-0.39, 0.29) is 28.4 Å². The van der Waals surface area contributed by atoms with Gasteiger partial charge in [0.1, 0.15) is 5.82 Å². The SMILES string of the molecule is CC(C)C(CNS(=O)(=O)c1ccc(F)c(Cl)c1)N1CCOCC1. The van der Waals surface area contributed by atoms with Crippen molar-refractivity contribution >= 4 is 21.6 Å². The molecule has 5 nitrogen and oxygen atoms in total. The number of ether oxygens (including phenoxy) is 1. The van der Waals surface area contributed by atoms with E-state index in [0.717, 1.165) is 25.2 Å². The summed E-state index contributed by atoms with van der Waals surface area (Å²) >= 11 is 5.67. The van der Waals surface area contributed by atoms with Crippen molar-refractivity contribution in [3.05, 3.63) is 29.0 Å². The standard InChI is InChI=1S/C15H22ClFN2O3S/c1-11(2)15(19-5-7-22-8-6-19)10-18-23(20,21)12-3-4-14(17)13(16)9-12/h3-4,9,11,15,18H,5-8,10H2,1-2H3. The van der Waals surface area contributed by atoms with Gasteiger partial charge < -0.3 is 4.74 Å². The molecule has 1 fully saturated rings. The summed E-state index contributed by atoms with van der Waals surface area (Å²) in [6.45, 7) is 7.29. The molecule has 0 radical (unpaired) electrons. The Kier molecular flexibility index (Phi) is 6.39. The summed E-state index contributed by atoms with van der Waals surface area (Å²) in [7, 11) is -3.73. The number of sulfonamides is 1. The smallest absolute Gasteiger partial charge is 0.240 e. The van der Waals surface area contributed by atoms with Crippen LogP contribution in [0.4, 0.5) is 4.39 Å². The molecule has 0 bridgehead atoms. The van der Waals surface area contributed by atoms with Gasteiger partial charge in [-0.15, -0.1) is 0 Å². The average Bonchev–Trinajstić information content (AvgIpc) is 2.50. The fourth-order valence-electron chi connectivity index (χ4n) is 2.62. The van der Waals surface area contributed by atoms with Crippen molar-refractivity contribution in [1.82, 2.24) is 9.62 Å². The first kappa shape index (κ1) is 18.6. The van der Waals surface area contributed by atoms with Gasteiger partial charge in [0.15, 0.2) is 0 Å². The summed E-state index contributed by atoms with van der Waals surface area (Å²) in [6, 6.07) is 3.46. The zero-order valence-corrected chi connectivity index (χ0v) is 14.8. The number of rotatable bonds is 6. The third kappa shape index (κ3) is 4.87. The van der Waals surface area contributed by atoms with Crippen LogP contribution in [0.3, 0.4) is 0 Å². The zero-order valence-electron chi connectivity index (χ0n) is 13.3. The number of halogens is 2. The molecule has 1 atom stereocenters. The second-order valence-corrected chi connectivity index (χ2v) is 8.06. The molecular formula is C15H22ClFN2O3S. The molecule has 0 saturated carbocycles. The van der Waals surface area contributed by atoms with E-state index in [9.17, 15) is 12.8 Å². The Balaban J connectivity index is 2.07.